The van der Waals surface area contributed by atoms with Crippen molar-refractivity contribution in [2.45, 2.75) is 125 Å². The van der Waals surface area contributed by atoms with Crippen LogP contribution in [-0.4, -0.2) is 120 Å². The van der Waals surface area contributed by atoms with Gasteiger partial charge in [-0.2, -0.15) is 9.97 Å². The lowest BCUT2D eigenvalue weighted by Crippen LogP contribution is -2.39. The Morgan fingerprint density at radius 2 is 0.721 bits per heavy atom. The van der Waals surface area contributed by atoms with Gasteiger partial charge in [0, 0.05) is 128 Å². The van der Waals surface area contributed by atoms with Gasteiger partial charge in [-0.05, 0) is 154 Å². The van der Waals surface area contributed by atoms with E-state index in [0.717, 1.165) is 233 Å². The molecule has 0 spiro atoms. The quantitative estimate of drug-likeness (QED) is 0.0243. The van der Waals surface area contributed by atoms with E-state index >= 15 is 0 Å². The molecule has 0 unspecified atom stereocenters. The van der Waals surface area contributed by atoms with Gasteiger partial charge in [0.15, 0.2) is 0 Å². The molecule has 16 N–H and O–H groups in total. The summed E-state index contributed by atoms with van der Waals surface area (Å²) >= 11 is 11.8. The van der Waals surface area contributed by atoms with E-state index in [4.69, 9.17) is 72.5 Å². The molecule has 0 atom stereocenters. The first-order valence-corrected chi connectivity index (χ1v) is 46.7. The molecule has 16 aromatic rings. The van der Waals surface area contributed by atoms with Crippen molar-refractivity contribution in [3.8, 4) is 78.8 Å². The van der Waals surface area contributed by atoms with Crippen molar-refractivity contribution >= 4 is 76.5 Å². The van der Waals surface area contributed by atoms with E-state index < -0.39 is 0 Å². The average molecular weight is 1860 g/mol. The molecule has 28 heteroatoms. The number of benzene rings is 8. The minimum atomic E-state index is 0.165. The average Bonchev–Trinajstić information content (AvgIpc) is 1.44. The summed E-state index contributed by atoms with van der Waals surface area (Å²) in [7, 11) is 0. The van der Waals surface area contributed by atoms with Gasteiger partial charge < -0.3 is 59.9 Å². The first-order valence-electron chi connectivity index (χ1n) is 46.0. The van der Waals surface area contributed by atoms with E-state index in [-0.39, 0.29) is 11.4 Å². The van der Waals surface area contributed by atoms with Crippen LogP contribution < -0.4 is 50.8 Å². The summed E-state index contributed by atoms with van der Waals surface area (Å²) in [5.41, 5.74) is 60.3. The molecule has 1 saturated heterocycles. The fraction of sp³-hybridized carbons (Fsp3) is 0.259. The van der Waals surface area contributed by atoms with Crippen LogP contribution in [0.15, 0.2) is 296 Å². The first kappa shape index (κ1) is 100. The number of halogens is 2. The summed E-state index contributed by atoms with van der Waals surface area (Å²) in [5.74, 6) is 6.09. The number of nitrogens with one attached hydrogen (secondary N) is 2. The number of furan rings is 1. The molecule has 0 radical (unpaired) electrons. The Balaban J connectivity index is 0.000000143. The van der Waals surface area contributed by atoms with Gasteiger partial charge in [0.1, 0.15) is 17.4 Å². The van der Waals surface area contributed by atoms with E-state index in [2.05, 4.69) is 158 Å². The van der Waals surface area contributed by atoms with Crippen LogP contribution in [0.3, 0.4) is 0 Å². The maximum Gasteiger partial charge on any atom is 0.222 e. The van der Waals surface area contributed by atoms with Crippen LogP contribution in [0.5, 0.6) is 0 Å². The second-order valence-corrected chi connectivity index (χ2v) is 35.3. The van der Waals surface area contributed by atoms with Gasteiger partial charge in [0.05, 0.1) is 59.3 Å². The molecule has 700 valence electrons. The number of nitrogen functional groups attached to an aromatic ring is 7. The molecule has 26 nitrogen and oxygen atoms in total. The van der Waals surface area contributed by atoms with Gasteiger partial charge >= 0.3 is 0 Å². The van der Waals surface area contributed by atoms with Crippen LogP contribution in [-0.2, 0) is 49.7 Å². The van der Waals surface area contributed by atoms with Crippen LogP contribution in [0, 0.1) is 17.3 Å². The molecule has 8 aromatic carbocycles. The fourth-order valence-corrected chi connectivity index (χ4v) is 14.9. The molecule has 1 aliphatic heterocycles. The third-order valence-corrected chi connectivity index (χ3v) is 22.0. The third-order valence-electron chi connectivity index (χ3n) is 21.5. The van der Waals surface area contributed by atoms with E-state index in [1.54, 1.807) is 6.26 Å². The van der Waals surface area contributed by atoms with Crippen LogP contribution in [0.4, 0.5) is 53.3 Å². The SMILES string of the molecule is CC(C)(C)Cc1cc(-c2ccc(Cl)cc2)nc(N)n1.CC(C)Cc1cc(-c2ccccc2)nc(N)n1.CCC(CC)Nc1cc(-c2ccccc2)nc(N)n1.Nc1nc(CC2CC2)cc(-c2ccc(Cl)cc2)n1.Nc1nc(CCc2ccccc2)cc(-c2ccccc2)n1.Nc1nc(CCc2ccco2)cc(-c2ccccc2)n1.Nc1nc(NCCN2CCOCC2)cc(-c2ccccc2)n1. The molecule has 2 aliphatic rings. The highest BCUT2D eigenvalue weighted by molar-refractivity contribution is 6.31. The number of nitrogens with zero attached hydrogens (tertiary/aromatic N) is 15. The number of hydrogen-bond donors (Lipinski definition) is 9. The summed E-state index contributed by atoms with van der Waals surface area (Å²) in [6, 6.07) is 93.8. The molecule has 1 aliphatic carbocycles. The molecule has 0 amide bonds. The molecule has 9 heterocycles. The molecule has 0 bridgehead atoms. The molecule has 136 heavy (non-hydrogen) atoms. The fourth-order valence-electron chi connectivity index (χ4n) is 14.6. The number of aromatic nitrogens is 14. The third kappa shape index (κ3) is 34.4. The number of aryl methyl sites for hydroxylation is 4. The van der Waals surface area contributed by atoms with Crippen molar-refractivity contribution < 1.29 is 9.15 Å². The summed E-state index contributed by atoms with van der Waals surface area (Å²) in [4.78, 5) is 62.4. The van der Waals surface area contributed by atoms with E-state index in [9.17, 15) is 0 Å². The van der Waals surface area contributed by atoms with Crippen molar-refractivity contribution in [2.75, 3.05) is 90.2 Å². The second-order valence-electron chi connectivity index (χ2n) is 34.4. The Morgan fingerprint density at radius 3 is 1.12 bits per heavy atom. The van der Waals surface area contributed by atoms with Crippen molar-refractivity contribution in [1.29, 1.82) is 0 Å². The van der Waals surface area contributed by atoms with Gasteiger partial charge in [0.2, 0.25) is 41.6 Å². The predicted octanol–water partition coefficient (Wildman–Crippen LogP) is 21.6. The predicted molar refractivity (Wildman–Crippen MR) is 555 cm³/mol. The van der Waals surface area contributed by atoms with Gasteiger partial charge in [-0.3, -0.25) is 4.90 Å². The number of ether oxygens (including phenoxy) is 1. The summed E-state index contributed by atoms with van der Waals surface area (Å²) in [6.45, 7) is 20.6. The van der Waals surface area contributed by atoms with Crippen molar-refractivity contribution in [3.05, 3.63) is 341 Å². The molecule has 1 saturated carbocycles. The van der Waals surface area contributed by atoms with Crippen LogP contribution in [0.2, 0.25) is 10.0 Å². The van der Waals surface area contributed by atoms with E-state index in [1.807, 2.05) is 261 Å². The van der Waals surface area contributed by atoms with Gasteiger partial charge in [0.25, 0.3) is 0 Å². The zero-order valence-corrected chi connectivity index (χ0v) is 79.8. The first-order chi connectivity index (χ1) is 65.8. The highest BCUT2D eigenvalue weighted by Crippen LogP contribution is 2.34. The Labute approximate surface area is 807 Å². The molecule has 2 fully saturated rings. The molecule has 8 aromatic heterocycles. The lowest BCUT2D eigenvalue weighted by atomic mass is 9.90. The summed E-state index contributed by atoms with van der Waals surface area (Å²) < 4.78 is 10.7. The number of rotatable bonds is 26. The maximum absolute atomic E-state index is 5.89. The van der Waals surface area contributed by atoms with Crippen molar-refractivity contribution in [1.82, 2.24) is 74.7 Å². The lowest BCUT2D eigenvalue weighted by molar-refractivity contribution is 0.0398. The Hall–Kier alpha value is -14.7. The Kier molecular flexibility index (Phi) is 38.0. The zero-order valence-electron chi connectivity index (χ0n) is 78.3. The largest absolute Gasteiger partial charge is 0.469 e. The van der Waals surface area contributed by atoms with Crippen molar-refractivity contribution in [3.63, 3.8) is 0 Å². The second kappa shape index (κ2) is 51.5. The molecular formula is C108H122Cl2N24O2. The van der Waals surface area contributed by atoms with E-state index in [1.165, 1.54) is 18.4 Å². The van der Waals surface area contributed by atoms with E-state index in [0.29, 0.717) is 52.7 Å². The van der Waals surface area contributed by atoms with Gasteiger partial charge in [-0.25, -0.2) is 59.8 Å². The maximum atomic E-state index is 5.89. The van der Waals surface area contributed by atoms with Crippen LogP contribution in [0.25, 0.3) is 78.8 Å². The Morgan fingerprint density at radius 1 is 0.375 bits per heavy atom. The normalized spacial score (nSPS) is 12.1. The zero-order chi connectivity index (χ0) is 96.0. The number of hydrogen-bond acceptors (Lipinski definition) is 26. The summed E-state index contributed by atoms with van der Waals surface area (Å²) in [6.07, 6.45) is 12.6. The Bertz CT molecular complexity index is 6290. The monoisotopic (exact) mass is 1860 g/mol. The number of nitrogens with two attached hydrogens (primary N) is 7. The molecular weight excluding hydrogens is 1740 g/mol. The van der Waals surface area contributed by atoms with Gasteiger partial charge in [-0.1, -0.05) is 278 Å². The topological polar surface area (TPSA) is 412 Å². The van der Waals surface area contributed by atoms with Crippen molar-refractivity contribution in [2.24, 2.45) is 17.3 Å². The number of anilines is 9. The highest BCUT2D eigenvalue weighted by Gasteiger charge is 2.24. The minimum absolute atomic E-state index is 0.165. The van der Waals surface area contributed by atoms with Crippen LogP contribution in [0.1, 0.15) is 114 Å². The van der Waals surface area contributed by atoms with Gasteiger partial charge in [-0.15, -0.1) is 0 Å². The minimum Gasteiger partial charge on any atom is -0.469 e. The summed E-state index contributed by atoms with van der Waals surface area (Å²) in [5, 5.41) is 8.16. The molecule has 18 rings (SSSR count). The lowest BCUT2D eigenvalue weighted by Gasteiger charge is -2.26. The number of morpholine rings is 1. The standard InChI is InChI=1S/C18H17N3.C16H21N5O.C16H15N3O.C15H18ClN3.C15H20N4.C14H14ClN3.C14H17N3/c19-18-20-16(12-11-14-7-3-1-4-8-14)13-17(21-18)15-9-5-2-6-10-15;17-16-19-14(13-4-2-1-3-5-13)12-15(20-16)18-6-7-21-8-10-22-11-9-21;17-16-18-13(8-9-14-7-4-10-20-14)11-15(19-16)12-5-2-1-3-6-12;1-15(2,3)9-12-8-13(19-14(17)18-12)10-4-6-11(16)7-5-10;1-3-12(4-2)17-14-10-13(18-15(16)19-14)11-8-6-5-7-9-11;15-11-5-3-10(4-6-11)13-8-12(7-9-1-2-9)17-14(16)18-13;1-10(2)8-12-9-13(17-14(15)16-12)11-6-4-3-5-7-11/h1-10,13H,11-12H2,(H2,19,20,21);1-5,12H,6-11H2,(H3,17,18,19,20);1-7,10-11H,8-9H2,(H2,17,18,19);4-8H,9H2,1-3H3,(H2,17,18,19);5-10,12H,3-4H2,1-2H3,(H3,16,17,18,19);3-6,8-9H,1-2,7H2,(H2,16,17,18);3-7,9-10H,8H2,1-2H3,(H2,15,16,17). The van der Waals surface area contributed by atoms with Crippen LogP contribution >= 0.6 is 23.2 Å². The highest BCUT2D eigenvalue weighted by atomic mass is 35.5. The smallest absolute Gasteiger partial charge is 0.222 e.